The third-order valence-corrected chi connectivity index (χ3v) is 2.70. The fourth-order valence-electron chi connectivity index (χ4n) is 1.92. The van der Waals surface area contributed by atoms with E-state index in [-0.39, 0.29) is 12.0 Å². The van der Waals surface area contributed by atoms with Gasteiger partial charge >= 0.3 is 0 Å². The Bertz CT molecular complexity index is 302. The van der Waals surface area contributed by atoms with E-state index in [0.29, 0.717) is 25.7 Å². The Morgan fingerprint density at radius 3 is 2.41 bits per heavy atom. The minimum atomic E-state index is -0.616. The fourth-order valence-corrected chi connectivity index (χ4v) is 1.92. The molecule has 3 atom stereocenters. The van der Waals surface area contributed by atoms with Gasteiger partial charge in [-0.05, 0) is 5.57 Å². The molecule has 0 bridgehead atoms. The molecule has 1 saturated heterocycles. The summed E-state index contributed by atoms with van der Waals surface area (Å²) in [6.45, 7) is 0. The van der Waals surface area contributed by atoms with Gasteiger partial charge in [0.05, 0.1) is 6.10 Å². The van der Waals surface area contributed by atoms with Crippen molar-refractivity contribution in [2.24, 2.45) is 5.92 Å². The van der Waals surface area contributed by atoms with Crippen LogP contribution in [0, 0.1) is 5.92 Å². The maximum Gasteiger partial charge on any atom is 0.155 e. The normalized spacial score (nSPS) is 29.7. The third-order valence-electron chi connectivity index (χ3n) is 2.70. The van der Waals surface area contributed by atoms with Crippen LogP contribution < -0.4 is 0 Å². The van der Waals surface area contributed by atoms with Crippen LogP contribution >= 0.6 is 0 Å². The highest BCUT2D eigenvalue weighted by Crippen LogP contribution is 2.36. The number of aliphatic hydroxyl groups is 1. The molecule has 0 saturated carbocycles. The van der Waals surface area contributed by atoms with Crippen LogP contribution in [0.15, 0.2) is 11.6 Å². The van der Waals surface area contributed by atoms with Crippen molar-refractivity contribution in [3.05, 3.63) is 11.6 Å². The lowest BCUT2D eigenvalue weighted by molar-refractivity contribution is -0.112. The summed E-state index contributed by atoms with van der Waals surface area (Å²) in [5.74, 6) is 0.269. The van der Waals surface area contributed by atoms with E-state index in [9.17, 15) is 14.4 Å². The topological polar surface area (TPSA) is 80.7 Å². The van der Waals surface area contributed by atoms with E-state index in [1.165, 1.54) is 0 Å². The minimum absolute atomic E-state index is 0.0604. The number of hydrogen-bond acceptors (Lipinski definition) is 5. The summed E-state index contributed by atoms with van der Waals surface area (Å²) in [7, 11) is 0. The molecule has 1 fully saturated rings. The predicted molar refractivity (Wildman–Crippen MR) is 59.1 cm³/mol. The van der Waals surface area contributed by atoms with Gasteiger partial charge in [0.1, 0.15) is 18.9 Å². The Morgan fingerprint density at radius 1 is 1.29 bits per heavy atom. The number of rotatable bonds is 4. The zero-order valence-corrected chi connectivity index (χ0v) is 9.45. The van der Waals surface area contributed by atoms with Gasteiger partial charge < -0.3 is 19.4 Å². The van der Waals surface area contributed by atoms with E-state index in [4.69, 9.17) is 9.84 Å². The number of aliphatic hydroxyl groups excluding tert-OH is 1. The predicted octanol–water partition coefficient (Wildman–Crippen LogP) is 0.403. The quantitative estimate of drug-likeness (QED) is 0.568. The van der Waals surface area contributed by atoms with Crippen molar-refractivity contribution in [3.8, 4) is 0 Å². The molecule has 2 rings (SSSR count). The van der Waals surface area contributed by atoms with Crippen LogP contribution in [0.2, 0.25) is 0 Å². The SMILES string of the molecule is O=CC1=C[C@H]2CC(O)O[C@H]2C1.O=CCCC=O. The van der Waals surface area contributed by atoms with Crippen LogP contribution in [0.5, 0.6) is 0 Å². The first kappa shape index (κ1) is 13.7. The van der Waals surface area contributed by atoms with Crippen molar-refractivity contribution in [3.63, 3.8) is 0 Å². The molecule has 0 aromatic heterocycles. The molecule has 94 valence electrons. The van der Waals surface area contributed by atoms with Gasteiger partial charge in [0, 0.05) is 31.6 Å². The van der Waals surface area contributed by atoms with E-state index in [1.807, 2.05) is 6.08 Å². The molecule has 1 aliphatic heterocycles. The Labute approximate surface area is 99.5 Å². The molecule has 1 heterocycles. The van der Waals surface area contributed by atoms with Gasteiger partial charge in [-0.2, -0.15) is 0 Å². The van der Waals surface area contributed by atoms with Gasteiger partial charge in [-0.15, -0.1) is 0 Å². The first-order valence-corrected chi connectivity index (χ1v) is 5.58. The average Bonchev–Trinajstić information content (AvgIpc) is 2.83. The minimum Gasteiger partial charge on any atom is -0.368 e. The smallest absolute Gasteiger partial charge is 0.155 e. The van der Waals surface area contributed by atoms with Crippen LogP contribution in [0.1, 0.15) is 25.7 Å². The van der Waals surface area contributed by atoms with Gasteiger partial charge in [0.2, 0.25) is 0 Å². The molecular weight excluding hydrogens is 224 g/mol. The lowest BCUT2D eigenvalue weighted by atomic mass is 10.1. The zero-order chi connectivity index (χ0) is 12.7. The molecule has 17 heavy (non-hydrogen) atoms. The number of fused-ring (bicyclic) bond motifs is 1. The van der Waals surface area contributed by atoms with E-state index >= 15 is 0 Å². The number of hydrogen-bond donors (Lipinski definition) is 1. The van der Waals surface area contributed by atoms with E-state index in [2.05, 4.69) is 0 Å². The summed E-state index contributed by atoms with van der Waals surface area (Å²) in [5, 5.41) is 9.05. The highest BCUT2D eigenvalue weighted by Gasteiger charge is 2.37. The standard InChI is InChI=1S/C8H10O3.C4H6O2/c9-4-5-1-6-3-8(10)11-7(6)2-5;5-3-1-2-4-6/h1,4,6-8,10H,2-3H2;3-4H,1-2H2/t6-,7-,8?;/m0./s1. The van der Waals surface area contributed by atoms with Crippen LogP contribution in [0.25, 0.3) is 0 Å². The number of unbranched alkanes of at least 4 members (excludes halogenated alkanes) is 1. The molecule has 1 N–H and O–H groups in total. The summed E-state index contributed by atoms with van der Waals surface area (Å²) in [6, 6.07) is 0. The van der Waals surface area contributed by atoms with Gasteiger partial charge in [0.15, 0.2) is 6.29 Å². The Morgan fingerprint density at radius 2 is 1.94 bits per heavy atom. The summed E-state index contributed by atoms with van der Waals surface area (Å²) in [5.41, 5.74) is 0.812. The molecule has 5 heteroatoms. The molecule has 1 aliphatic carbocycles. The second-order valence-electron chi connectivity index (χ2n) is 4.00. The average molecular weight is 240 g/mol. The van der Waals surface area contributed by atoms with Crippen LogP contribution in [0.3, 0.4) is 0 Å². The molecule has 2 aliphatic rings. The van der Waals surface area contributed by atoms with Gasteiger partial charge in [-0.25, -0.2) is 0 Å². The molecule has 0 amide bonds. The highest BCUT2D eigenvalue weighted by atomic mass is 16.6. The Balaban J connectivity index is 0.000000209. The molecule has 0 aromatic rings. The van der Waals surface area contributed by atoms with Gasteiger partial charge in [-0.3, -0.25) is 4.79 Å². The lowest BCUT2D eigenvalue weighted by Crippen LogP contribution is -2.10. The van der Waals surface area contributed by atoms with Crippen molar-refractivity contribution in [2.45, 2.75) is 38.1 Å². The number of carbonyl (C=O) groups is 3. The summed E-state index contributed by atoms with van der Waals surface area (Å²) in [4.78, 5) is 29.1. The van der Waals surface area contributed by atoms with Crippen molar-refractivity contribution in [1.29, 1.82) is 0 Å². The summed E-state index contributed by atoms with van der Waals surface area (Å²) >= 11 is 0. The highest BCUT2D eigenvalue weighted by molar-refractivity contribution is 5.74. The van der Waals surface area contributed by atoms with E-state index < -0.39 is 6.29 Å². The first-order valence-electron chi connectivity index (χ1n) is 5.58. The second kappa shape index (κ2) is 7.09. The molecule has 0 spiro atoms. The maximum absolute atomic E-state index is 10.3. The fraction of sp³-hybridized carbons (Fsp3) is 0.583. The van der Waals surface area contributed by atoms with Crippen molar-refractivity contribution in [1.82, 2.24) is 0 Å². The van der Waals surface area contributed by atoms with Crippen molar-refractivity contribution >= 4 is 18.9 Å². The first-order chi connectivity index (χ1) is 8.21. The third kappa shape index (κ3) is 4.20. The monoisotopic (exact) mass is 240 g/mol. The molecule has 0 aromatic carbocycles. The van der Waals surface area contributed by atoms with Crippen molar-refractivity contribution < 1.29 is 24.2 Å². The molecule has 5 nitrogen and oxygen atoms in total. The number of aldehydes is 3. The summed E-state index contributed by atoms with van der Waals surface area (Å²) < 4.78 is 5.16. The molecule has 1 unspecified atom stereocenters. The molecular formula is C12H16O5. The van der Waals surface area contributed by atoms with E-state index in [0.717, 1.165) is 24.4 Å². The Kier molecular flexibility index (Phi) is 5.72. The largest absolute Gasteiger partial charge is 0.368 e. The summed E-state index contributed by atoms with van der Waals surface area (Å²) in [6.07, 6.45) is 5.73. The van der Waals surface area contributed by atoms with Crippen molar-refractivity contribution in [2.75, 3.05) is 0 Å². The maximum atomic E-state index is 10.3. The molecule has 0 radical (unpaired) electrons. The number of ether oxygens (including phenoxy) is 1. The van der Waals surface area contributed by atoms with Gasteiger partial charge in [-0.1, -0.05) is 6.08 Å². The van der Waals surface area contributed by atoms with Crippen LogP contribution in [0.4, 0.5) is 0 Å². The second-order valence-corrected chi connectivity index (χ2v) is 4.00. The van der Waals surface area contributed by atoms with E-state index in [1.54, 1.807) is 0 Å². The van der Waals surface area contributed by atoms with Gasteiger partial charge in [0.25, 0.3) is 0 Å². The van der Waals surface area contributed by atoms with Crippen LogP contribution in [-0.4, -0.2) is 36.4 Å². The number of carbonyl (C=O) groups excluding carboxylic acids is 3. The van der Waals surface area contributed by atoms with Crippen LogP contribution in [-0.2, 0) is 19.1 Å². The Hall–Kier alpha value is -1.33. The zero-order valence-electron chi connectivity index (χ0n) is 9.45. The lowest BCUT2D eigenvalue weighted by Gasteiger charge is -2.06.